The van der Waals surface area contributed by atoms with Crippen LogP contribution in [0.25, 0.3) is 10.6 Å². The summed E-state index contributed by atoms with van der Waals surface area (Å²) in [6.07, 6.45) is 0. The highest BCUT2D eigenvalue weighted by atomic mass is 79.9. The van der Waals surface area contributed by atoms with E-state index in [9.17, 15) is 10.1 Å². The maximum absolute atomic E-state index is 16.2. The molecule has 0 N–H and O–H groups in total. The van der Waals surface area contributed by atoms with Gasteiger partial charge in [-0.15, -0.1) is 0 Å². The molecule has 0 unspecified atom stereocenters. The first-order valence-corrected chi connectivity index (χ1v) is 19.4. The molecule has 0 fully saturated rings. The molecule has 0 aliphatic rings. The zero-order chi connectivity index (χ0) is 33.7. The van der Waals surface area contributed by atoms with Gasteiger partial charge >= 0.3 is 0 Å². The molecule has 8 heteroatoms. The van der Waals surface area contributed by atoms with Gasteiger partial charge in [-0.2, -0.15) is 0 Å². The van der Waals surface area contributed by atoms with E-state index in [1.807, 2.05) is 104 Å². The summed E-state index contributed by atoms with van der Waals surface area (Å²) in [4.78, 5) is 12.2. The van der Waals surface area contributed by atoms with Gasteiger partial charge in [-0.3, -0.25) is 10.1 Å². The second kappa shape index (κ2) is 14.1. The van der Waals surface area contributed by atoms with Crippen LogP contribution in [-0.2, 0) is 9.13 Å². The third kappa shape index (κ3) is 6.37. The van der Waals surface area contributed by atoms with Gasteiger partial charge < -0.3 is 9.13 Å². The van der Waals surface area contributed by atoms with Crippen molar-refractivity contribution in [3.8, 4) is 0 Å². The van der Waals surface area contributed by atoms with Gasteiger partial charge in [-0.25, -0.2) is 0 Å². The maximum atomic E-state index is 16.2. The molecule has 0 saturated carbocycles. The van der Waals surface area contributed by atoms with Crippen molar-refractivity contribution in [1.29, 1.82) is 0 Å². The Morgan fingerprint density at radius 1 is 0.583 bits per heavy atom. The van der Waals surface area contributed by atoms with Crippen molar-refractivity contribution in [1.82, 2.24) is 0 Å². The van der Waals surface area contributed by atoms with Crippen LogP contribution in [0.15, 0.2) is 174 Å². The molecule has 5 nitrogen and oxygen atoms in total. The summed E-state index contributed by atoms with van der Waals surface area (Å²) < 4.78 is 32.8. The van der Waals surface area contributed by atoms with Gasteiger partial charge in [-0.05, 0) is 24.6 Å². The lowest BCUT2D eigenvalue weighted by Gasteiger charge is -2.25. The summed E-state index contributed by atoms with van der Waals surface area (Å²) in [5, 5.41) is 15.1. The molecule has 6 aromatic rings. The Labute approximate surface area is 288 Å². The summed E-state index contributed by atoms with van der Waals surface area (Å²) in [5.41, 5.74) is 4.95. The predicted octanol–water partition coefficient (Wildman–Crippen LogP) is 9.67. The molecule has 0 aliphatic carbocycles. The number of aryl methyl sites for hydroxylation is 1. The van der Waals surface area contributed by atoms with Crippen LogP contribution in [-0.4, -0.2) is 4.92 Å². The van der Waals surface area contributed by atoms with Crippen molar-refractivity contribution >= 4 is 67.7 Å². The Kier molecular flexibility index (Phi) is 9.73. The van der Waals surface area contributed by atoms with Gasteiger partial charge in [0.15, 0.2) is 14.3 Å². The third-order valence-corrected chi connectivity index (χ3v) is 14.7. The van der Waals surface area contributed by atoms with Gasteiger partial charge in [0.1, 0.15) is 0 Å². The quantitative estimate of drug-likeness (QED) is 0.0643. The highest BCUT2D eigenvalue weighted by Gasteiger charge is 2.39. The van der Waals surface area contributed by atoms with Crippen LogP contribution in [0.2, 0.25) is 0 Å². The molecule has 0 spiro atoms. The van der Waals surface area contributed by atoms with Crippen molar-refractivity contribution in [3.05, 3.63) is 201 Å². The van der Waals surface area contributed by atoms with Crippen LogP contribution in [0.3, 0.4) is 0 Å². The van der Waals surface area contributed by atoms with E-state index in [-0.39, 0.29) is 21.9 Å². The molecule has 236 valence electrons. The first kappa shape index (κ1) is 33.1. The summed E-state index contributed by atoms with van der Waals surface area (Å²) in [7, 11) is -7.71. The van der Waals surface area contributed by atoms with Crippen LogP contribution in [0, 0.1) is 17.0 Å². The lowest BCUT2D eigenvalue weighted by Crippen LogP contribution is -2.18. The van der Waals surface area contributed by atoms with Crippen molar-refractivity contribution in [2.24, 2.45) is 0 Å². The van der Waals surface area contributed by atoms with E-state index < -0.39 is 19.2 Å². The van der Waals surface area contributed by atoms with Gasteiger partial charge in [0, 0.05) is 31.8 Å². The molecule has 0 aliphatic heterocycles. The molecule has 0 atom stereocenters. The summed E-state index contributed by atoms with van der Waals surface area (Å²) >= 11 is 3.51. The molecule has 0 heterocycles. The SMILES string of the molecule is Cc1ccc(C(=C=C(c2cc(Br)ccc2[N+](=O)[O-])P(=O)(c2ccccc2)c2ccccc2)P(=O)(c2ccccc2)c2ccccc2)cc1. The Morgan fingerprint density at radius 2 is 0.979 bits per heavy atom. The predicted molar refractivity (Wildman–Crippen MR) is 202 cm³/mol. The number of nitrogens with zero attached hydrogens (tertiary/aromatic N) is 1. The summed E-state index contributed by atoms with van der Waals surface area (Å²) in [6, 6.07) is 48.4. The second-order valence-electron chi connectivity index (χ2n) is 11.2. The molecule has 0 radical (unpaired) electrons. The van der Waals surface area contributed by atoms with Gasteiger partial charge in [0.25, 0.3) is 5.69 Å². The summed E-state index contributed by atoms with van der Waals surface area (Å²) in [5.74, 6) is 0. The molecule has 0 bridgehead atoms. The van der Waals surface area contributed by atoms with Crippen LogP contribution in [0.4, 0.5) is 5.69 Å². The van der Waals surface area contributed by atoms with Gasteiger partial charge in [0.05, 0.1) is 21.1 Å². The van der Waals surface area contributed by atoms with Crippen molar-refractivity contribution < 1.29 is 14.1 Å². The zero-order valence-electron chi connectivity index (χ0n) is 25.9. The number of nitro benzene ring substituents is 1. The van der Waals surface area contributed by atoms with E-state index in [4.69, 9.17) is 0 Å². The van der Waals surface area contributed by atoms with E-state index in [0.29, 0.717) is 31.3 Å². The lowest BCUT2D eigenvalue weighted by atomic mass is 10.1. The monoisotopic (exact) mass is 729 g/mol. The van der Waals surface area contributed by atoms with E-state index in [1.165, 1.54) is 6.07 Å². The number of rotatable bonds is 9. The average molecular weight is 731 g/mol. The Balaban J connectivity index is 1.91. The van der Waals surface area contributed by atoms with E-state index >= 15 is 9.13 Å². The number of hydrogen-bond donors (Lipinski definition) is 0. The van der Waals surface area contributed by atoms with Crippen molar-refractivity contribution in [2.45, 2.75) is 6.92 Å². The minimum absolute atomic E-state index is 0.0792. The Morgan fingerprint density at radius 3 is 1.38 bits per heavy atom. The molecule has 0 amide bonds. The standard InChI is InChI=1S/C40H30BrNO4P2/c1-30-22-24-31(25-23-30)39(47(45,33-14-6-2-7-15-33)34-16-8-3-9-17-34)29-40(37-28-32(41)26-27-38(37)42(43)44)48(46,35-18-10-4-11-19-35)36-20-12-5-13-21-36/h2-28H,1H3. The van der Waals surface area contributed by atoms with Crippen LogP contribution in [0.1, 0.15) is 16.7 Å². The second-order valence-corrected chi connectivity index (χ2v) is 17.5. The smallest absolute Gasteiger partial charge is 0.278 e. The normalized spacial score (nSPS) is 11.4. The molecule has 0 aromatic heterocycles. The van der Waals surface area contributed by atoms with Crippen molar-refractivity contribution in [3.63, 3.8) is 0 Å². The first-order valence-electron chi connectivity index (χ1n) is 15.2. The highest BCUT2D eigenvalue weighted by molar-refractivity contribution is 9.10. The highest BCUT2D eigenvalue weighted by Crippen LogP contribution is 2.61. The number of halogens is 1. The number of hydrogen-bond acceptors (Lipinski definition) is 4. The lowest BCUT2D eigenvalue weighted by molar-refractivity contribution is -0.385. The number of benzene rings is 6. The number of nitro groups is 1. The largest absolute Gasteiger partial charge is 0.308 e. The first-order chi connectivity index (χ1) is 23.2. The van der Waals surface area contributed by atoms with Gasteiger partial charge in [-0.1, -0.05) is 173 Å². The van der Waals surface area contributed by atoms with Gasteiger partial charge in [0.2, 0.25) is 0 Å². The van der Waals surface area contributed by atoms with Crippen molar-refractivity contribution in [2.75, 3.05) is 0 Å². The fourth-order valence-corrected chi connectivity index (χ4v) is 11.7. The van der Waals surface area contributed by atoms with E-state index in [0.717, 1.165) is 5.56 Å². The Hall–Kier alpha value is -4.82. The van der Waals surface area contributed by atoms with Crippen LogP contribution < -0.4 is 21.2 Å². The van der Waals surface area contributed by atoms with Crippen LogP contribution >= 0.6 is 30.2 Å². The average Bonchev–Trinajstić information content (AvgIpc) is 3.13. The fourth-order valence-electron chi connectivity index (χ4n) is 5.70. The molecule has 0 saturated heterocycles. The van der Waals surface area contributed by atoms with E-state index in [1.54, 1.807) is 60.7 Å². The minimum Gasteiger partial charge on any atom is -0.308 e. The fraction of sp³-hybridized carbons (Fsp3) is 0.0250. The molecule has 6 aromatic carbocycles. The zero-order valence-corrected chi connectivity index (χ0v) is 29.3. The Bertz CT molecular complexity index is 2160. The molecule has 6 rings (SSSR count). The molecule has 48 heavy (non-hydrogen) atoms. The third-order valence-electron chi connectivity index (χ3n) is 8.08. The maximum Gasteiger partial charge on any atom is 0.278 e. The molecular weight excluding hydrogens is 700 g/mol. The minimum atomic E-state index is -3.94. The summed E-state index contributed by atoms with van der Waals surface area (Å²) in [6.45, 7) is 1.96. The molecular formula is C40H30BrNO4P2. The topological polar surface area (TPSA) is 77.3 Å². The van der Waals surface area contributed by atoms with E-state index in [2.05, 4.69) is 21.7 Å². The van der Waals surface area contributed by atoms with Crippen LogP contribution in [0.5, 0.6) is 0 Å².